The molecule has 0 radical (unpaired) electrons. The van der Waals surface area contributed by atoms with Gasteiger partial charge in [0.15, 0.2) is 17.3 Å². The van der Waals surface area contributed by atoms with Gasteiger partial charge in [-0.1, -0.05) is 0 Å². The van der Waals surface area contributed by atoms with E-state index < -0.39 is 0 Å². The molecule has 26 heavy (non-hydrogen) atoms. The van der Waals surface area contributed by atoms with Gasteiger partial charge in [0.25, 0.3) is 0 Å². The number of halogens is 1. The molecule has 0 atom stereocenters. The zero-order valence-electron chi connectivity index (χ0n) is 15.7. The van der Waals surface area contributed by atoms with Crippen molar-refractivity contribution in [1.29, 1.82) is 0 Å². The topological polar surface area (TPSA) is 67.9 Å². The average molecular weight is 385 g/mol. The molecular formula is C19H29ClN2O4. The fraction of sp³-hybridized carbons (Fsp3) is 0.579. The first-order valence-corrected chi connectivity index (χ1v) is 8.81. The van der Waals surface area contributed by atoms with Crippen LogP contribution in [0.2, 0.25) is 0 Å². The number of ether oxygens (including phenoxy) is 2. The molecule has 6 nitrogen and oxygen atoms in total. The summed E-state index contributed by atoms with van der Waals surface area (Å²) in [6.45, 7) is 3.89. The number of nitrogens with zero attached hydrogens (tertiary/aromatic N) is 1. The van der Waals surface area contributed by atoms with Crippen LogP contribution in [0.5, 0.6) is 11.5 Å². The second-order valence-electron chi connectivity index (χ2n) is 6.36. The SMILES string of the molecule is COc1cc(C(C)=O)ccc1OCCCC(=O)N(C)C1CCNCC1.Cl. The van der Waals surface area contributed by atoms with Crippen molar-refractivity contribution in [3.05, 3.63) is 23.8 Å². The summed E-state index contributed by atoms with van der Waals surface area (Å²) in [4.78, 5) is 25.6. The average Bonchev–Trinajstić information content (AvgIpc) is 2.64. The van der Waals surface area contributed by atoms with Gasteiger partial charge in [-0.25, -0.2) is 0 Å². The van der Waals surface area contributed by atoms with Gasteiger partial charge in [-0.2, -0.15) is 0 Å². The highest BCUT2D eigenvalue weighted by atomic mass is 35.5. The van der Waals surface area contributed by atoms with E-state index in [1.807, 2.05) is 11.9 Å². The van der Waals surface area contributed by atoms with Gasteiger partial charge < -0.3 is 19.7 Å². The van der Waals surface area contributed by atoms with Crippen LogP contribution in [0.4, 0.5) is 0 Å². The lowest BCUT2D eigenvalue weighted by molar-refractivity contribution is -0.132. The molecule has 0 spiro atoms. The minimum Gasteiger partial charge on any atom is -0.493 e. The standard InChI is InChI=1S/C19H28N2O4.ClH/c1-14(22)15-6-7-17(18(13-15)24-3)25-12-4-5-19(23)21(2)16-8-10-20-11-9-16;/h6-7,13,16,20H,4-5,8-12H2,1-3H3;1H. The number of rotatable bonds is 8. The van der Waals surface area contributed by atoms with Crippen LogP contribution in [0.1, 0.15) is 43.0 Å². The Labute approximate surface area is 161 Å². The van der Waals surface area contributed by atoms with Gasteiger partial charge in [-0.15, -0.1) is 12.4 Å². The van der Waals surface area contributed by atoms with E-state index in [0.29, 0.717) is 42.6 Å². The van der Waals surface area contributed by atoms with Crippen molar-refractivity contribution >= 4 is 24.1 Å². The summed E-state index contributed by atoms with van der Waals surface area (Å²) in [5.41, 5.74) is 0.586. The van der Waals surface area contributed by atoms with Crippen LogP contribution in [0.3, 0.4) is 0 Å². The van der Waals surface area contributed by atoms with Crippen LogP contribution in [0, 0.1) is 0 Å². The molecule has 0 aromatic heterocycles. The van der Waals surface area contributed by atoms with Gasteiger partial charge in [-0.3, -0.25) is 9.59 Å². The van der Waals surface area contributed by atoms with E-state index in [0.717, 1.165) is 25.9 Å². The summed E-state index contributed by atoms with van der Waals surface area (Å²) in [7, 11) is 3.44. The number of hydrogen-bond acceptors (Lipinski definition) is 5. The fourth-order valence-corrected chi connectivity index (χ4v) is 2.99. The zero-order chi connectivity index (χ0) is 18.2. The number of amides is 1. The molecule has 1 heterocycles. The van der Waals surface area contributed by atoms with Gasteiger partial charge in [0, 0.05) is 25.1 Å². The number of Topliss-reactive ketones (excluding diaryl/α,β-unsaturated/α-hetero) is 1. The Balaban J connectivity index is 0.00000338. The smallest absolute Gasteiger partial charge is 0.222 e. The largest absolute Gasteiger partial charge is 0.493 e. The molecule has 1 N–H and O–H groups in total. The van der Waals surface area contributed by atoms with Crippen molar-refractivity contribution in [1.82, 2.24) is 10.2 Å². The van der Waals surface area contributed by atoms with Gasteiger partial charge in [-0.05, 0) is 57.5 Å². The van der Waals surface area contributed by atoms with Crippen LogP contribution in [0.15, 0.2) is 18.2 Å². The number of ketones is 1. The fourth-order valence-electron chi connectivity index (χ4n) is 2.99. The summed E-state index contributed by atoms with van der Waals surface area (Å²) in [6, 6.07) is 5.47. The number of hydrogen-bond donors (Lipinski definition) is 1. The highest BCUT2D eigenvalue weighted by Gasteiger charge is 2.21. The lowest BCUT2D eigenvalue weighted by atomic mass is 10.0. The second kappa shape index (κ2) is 11.0. The highest BCUT2D eigenvalue weighted by molar-refractivity contribution is 5.94. The Bertz CT molecular complexity index is 603. The van der Waals surface area contributed by atoms with Crippen molar-refractivity contribution < 1.29 is 19.1 Å². The number of carbonyl (C=O) groups excluding carboxylic acids is 2. The molecule has 1 saturated heterocycles. The van der Waals surface area contributed by atoms with Crippen molar-refractivity contribution in [3.8, 4) is 11.5 Å². The van der Waals surface area contributed by atoms with Crippen molar-refractivity contribution in [2.75, 3.05) is 33.9 Å². The molecule has 0 unspecified atom stereocenters. The summed E-state index contributed by atoms with van der Waals surface area (Å²) in [5.74, 6) is 1.27. The van der Waals surface area contributed by atoms with Gasteiger partial charge in [0.1, 0.15) is 0 Å². The van der Waals surface area contributed by atoms with Crippen molar-refractivity contribution in [2.45, 2.75) is 38.6 Å². The third-order valence-corrected chi connectivity index (χ3v) is 4.61. The molecule has 146 valence electrons. The van der Waals surface area contributed by atoms with E-state index in [2.05, 4.69) is 5.32 Å². The van der Waals surface area contributed by atoms with Crippen molar-refractivity contribution in [2.24, 2.45) is 0 Å². The Kier molecular flexibility index (Phi) is 9.44. The minimum absolute atomic E-state index is 0. The van der Waals surface area contributed by atoms with Gasteiger partial charge >= 0.3 is 0 Å². The monoisotopic (exact) mass is 384 g/mol. The number of nitrogens with one attached hydrogen (secondary N) is 1. The lowest BCUT2D eigenvalue weighted by Crippen LogP contribution is -2.43. The number of methoxy groups -OCH3 is 1. The third kappa shape index (κ3) is 6.18. The maximum absolute atomic E-state index is 12.3. The number of benzene rings is 1. The van der Waals surface area contributed by atoms with E-state index in [1.165, 1.54) is 6.92 Å². The Morgan fingerprint density at radius 3 is 2.54 bits per heavy atom. The summed E-state index contributed by atoms with van der Waals surface area (Å²) in [5, 5.41) is 3.31. The molecule has 1 amide bonds. The molecule has 1 aliphatic heterocycles. The first-order chi connectivity index (χ1) is 12.0. The Morgan fingerprint density at radius 1 is 1.23 bits per heavy atom. The first kappa shape index (κ1) is 22.3. The zero-order valence-corrected chi connectivity index (χ0v) is 16.6. The Hall–Kier alpha value is -1.79. The lowest BCUT2D eigenvalue weighted by Gasteiger charge is -2.31. The molecule has 1 aliphatic rings. The van der Waals surface area contributed by atoms with Crippen LogP contribution in [-0.2, 0) is 4.79 Å². The van der Waals surface area contributed by atoms with E-state index in [4.69, 9.17) is 9.47 Å². The summed E-state index contributed by atoms with van der Waals surface area (Å²) >= 11 is 0. The van der Waals surface area contributed by atoms with Crippen molar-refractivity contribution in [3.63, 3.8) is 0 Å². The molecule has 1 fully saturated rings. The molecule has 7 heteroatoms. The summed E-state index contributed by atoms with van der Waals surface area (Å²) < 4.78 is 11.0. The van der Waals surface area contributed by atoms with E-state index >= 15 is 0 Å². The molecule has 2 rings (SSSR count). The third-order valence-electron chi connectivity index (χ3n) is 4.61. The van der Waals surface area contributed by atoms with E-state index in [9.17, 15) is 9.59 Å². The predicted octanol–water partition coefficient (Wildman–Crippen LogP) is 2.69. The second-order valence-corrected chi connectivity index (χ2v) is 6.36. The molecule has 0 aliphatic carbocycles. The molecule has 1 aromatic rings. The summed E-state index contributed by atoms with van der Waals surface area (Å²) in [6.07, 6.45) is 3.14. The Morgan fingerprint density at radius 2 is 1.92 bits per heavy atom. The highest BCUT2D eigenvalue weighted by Crippen LogP contribution is 2.28. The molecule has 1 aromatic carbocycles. The normalized spacial score (nSPS) is 14.3. The maximum atomic E-state index is 12.3. The minimum atomic E-state index is -0.0172. The number of carbonyl (C=O) groups is 2. The number of piperidine rings is 1. The van der Waals surface area contributed by atoms with Crippen LogP contribution < -0.4 is 14.8 Å². The van der Waals surface area contributed by atoms with Crippen LogP contribution >= 0.6 is 12.4 Å². The molecule has 0 saturated carbocycles. The van der Waals surface area contributed by atoms with Crippen LogP contribution in [-0.4, -0.2) is 56.5 Å². The molecular weight excluding hydrogens is 356 g/mol. The predicted molar refractivity (Wildman–Crippen MR) is 104 cm³/mol. The van der Waals surface area contributed by atoms with Gasteiger partial charge in [0.05, 0.1) is 13.7 Å². The first-order valence-electron chi connectivity index (χ1n) is 8.81. The quantitative estimate of drug-likeness (QED) is 0.551. The molecule has 0 bridgehead atoms. The maximum Gasteiger partial charge on any atom is 0.222 e. The van der Waals surface area contributed by atoms with E-state index in [1.54, 1.807) is 25.3 Å². The van der Waals surface area contributed by atoms with Crippen LogP contribution in [0.25, 0.3) is 0 Å². The van der Waals surface area contributed by atoms with Gasteiger partial charge in [0.2, 0.25) is 5.91 Å². The van der Waals surface area contributed by atoms with E-state index in [-0.39, 0.29) is 24.1 Å².